The average molecular weight is 304 g/mol. The minimum Gasteiger partial charge on any atom is -0.325 e. The van der Waals surface area contributed by atoms with Gasteiger partial charge in [-0.05, 0) is 61.0 Å². The zero-order valence-corrected chi connectivity index (χ0v) is 10.4. The molecule has 3 nitrogen and oxygen atoms in total. The number of nitrogens with one attached hydrogen (secondary N) is 1. The number of benzene rings is 1. The van der Waals surface area contributed by atoms with Crippen LogP contribution < -0.4 is 5.32 Å². The van der Waals surface area contributed by atoms with Gasteiger partial charge >= 0.3 is 0 Å². The lowest BCUT2D eigenvalue weighted by Gasteiger charge is -2.09. The zero-order valence-electron chi connectivity index (χ0n) is 8.25. The van der Waals surface area contributed by atoms with Crippen LogP contribution in [0.3, 0.4) is 0 Å². The number of carbonyl (C=O) groups excluding carboxylic acids is 1. The van der Waals surface area contributed by atoms with E-state index in [-0.39, 0.29) is 5.91 Å². The van der Waals surface area contributed by atoms with Gasteiger partial charge in [0.05, 0.1) is 6.54 Å². The summed E-state index contributed by atoms with van der Waals surface area (Å²) in [5.74, 6) is 0.0104. The van der Waals surface area contributed by atoms with Gasteiger partial charge in [-0.15, -0.1) is 0 Å². The summed E-state index contributed by atoms with van der Waals surface area (Å²) >= 11 is 2.23. The fourth-order valence-corrected chi connectivity index (χ4v) is 1.38. The molecule has 0 radical (unpaired) electrons. The number of likely N-dealkylation sites (N-methyl/N-ethyl adjacent to an activating group) is 1. The third-order valence-corrected chi connectivity index (χ3v) is 2.31. The Labute approximate surface area is 97.6 Å². The van der Waals surface area contributed by atoms with Crippen LogP contribution >= 0.6 is 22.6 Å². The molecule has 14 heavy (non-hydrogen) atoms. The lowest BCUT2D eigenvalue weighted by Crippen LogP contribution is -2.27. The van der Waals surface area contributed by atoms with Gasteiger partial charge in [0.1, 0.15) is 0 Å². The van der Waals surface area contributed by atoms with Gasteiger partial charge in [0.25, 0.3) is 0 Å². The maximum atomic E-state index is 11.4. The summed E-state index contributed by atoms with van der Waals surface area (Å²) in [6, 6.07) is 7.72. The molecule has 0 aliphatic rings. The largest absolute Gasteiger partial charge is 0.325 e. The lowest BCUT2D eigenvalue weighted by molar-refractivity contribution is -0.116. The van der Waals surface area contributed by atoms with Gasteiger partial charge < -0.3 is 10.2 Å². The second-order valence-corrected chi connectivity index (χ2v) is 4.54. The van der Waals surface area contributed by atoms with Crippen LogP contribution in [0.5, 0.6) is 0 Å². The summed E-state index contributed by atoms with van der Waals surface area (Å²) in [7, 11) is 3.74. The van der Waals surface area contributed by atoms with Crippen molar-refractivity contribution in [3.05, 3.63) is 27.8 Å². The second-order valence-electron chi connectivity index (χ2n) is 3.29. The van der Waals surface area contributed by atoms with E-state index in [4.69, 9.17) is 0 Å². The average Bonchev–Trinajstić information content (AvgIpc) is 2.07. The number of hydrogen-bond acceptors (Lipinski definition) is 2. The molecule has 76 valence electrons. The minimum atomic E-state index is 0.0104. The molecular formula is C10H13IN2O. The van der Waals surface area contributed by atoms with Crippen molar-refractivity contribution in [2.75, 3.05) is 26.0 Å². The first-order valence-electron chi connectivity index (χ1n) is 4.28. The summed E-state index contributed by atoms with van der Waals surface area (Å²) in [4.78, 5) is 13.2. The van der Waals surface area contributed by atoms with E-state index in [0.717, 1.165) is 9.26 Å². The minimum absolute atomic E-state index is 0.0104. The van der Waals surface area contributed by atoms with Crippen molar-refractivity contribution in [3.63, 3.8) is 0 Å². The van der Waals surface area contributed by atoms with E-state index in [1.54, 1.807) is 0 Å². The van der Waals surface area contributed by atoms with Gasteiger partial charge in [0, 0.05) is 9.26 Å². The number of nitrogens with zero attached hydrogens (tertiary/aromatic N) is 1. The Balaban J connectivity index is 2.52. The topological polar surface area (TPSA) is 32.3 Å². The van der Waals surface area contributed by atoms with E-state index in [0.29, 0.717) is 6.54 Å². The van der Waals surface area contributed by atoms with Crippen LogP contribution in [0.25, 0.3) is 0 Å². The molecule has 0 unspecified atom stereocenters. The van der Waals surface area contributed by atoms with Crippen molar-refractivity contribution >= 4 is 34.2 Å². The molecule has 0 bridgehead atoms. The first-order chi connectivity index (χ1) is 6.58. The quantitative estimate of drug-likeness (QED) is 0.864. The molecular weight excluding hydrogens is 291 g/mol. The number of halogens is 1. The first kappa shape index (κ1) is 11.5. The molecule has 0 aliphatic carbocycles. The Morgan fingerprint density at radius 3 is 2.43 bits per heavy atom. The highest BCUT2D eigenvalue weighted by atomic mass is 127. The van der Waals surface area contributed by atoms with Crippen molar-refractivity contribution in [1.29, 1.82) is 0 Å². The number of carbonyl (C=O) groups is 1. The smallest absolute Gasteiger partial charge is 0.238 e. The molecule has 1 aromatic carbocycles. The lowest BCUT2D eigenvalue weighted by atomic mass is 10.3. The van der Waals surface area contributed by atoms with E-state index in [1.807, 2.05) is 43.3 Å². The van der Waals surface area contributed by atoms with Crippen LogP contribution in [0.15, 0.2) is 24.3 Å². The van der Waals surface area contributed by atoms with Crippen LogP contribution in [-0.2, 0) is 4.79 Å². The molecule has 0 fully saturated rings. The molecule has 0 aliphatic heterocycles. The molecule has 1 amide bonds. The Kier molecular flexibility index (Phi) is 4.34. The highest BCUT2D eigenvalue weighted by Crippen LogP contribution is 2.10. The summed E-state index contributed by atoms with van der Waals surface area (Å²) in [5, 5.41) is 2.82. The molecule has 0 atom stereocenters. The Bertz CT molecular complexity index is 308. The highest BCUT2D eigenvalue weighted by Gasteiger charge is 2.02. The van der Waals surface area contributed by atoms with Crippen molar-refractivity contribution in [2.45, 2.75) is 0 Å². The maximum absolute atomic E-state index is 11.4. The van der Waals surface area contributed by atoms with Gasteiger partial charge in [-0.2, -0.15) is 0 Å². The van der Waals surface area contributed by atoms with E-state index < -0.39 is 0 Å². The van der Waals surface area contributed by atoms with Crippen LogP contribution in [-0.4, -0.2) is 31.4 Å². The first-order valence-corrected chi connectivity index (χ1v) is 5.36. The molecule has 0 saturated heterocycles. The molecule has 0 heterocycles. The van der Waals surface area contributed by atoms with Gasteiger partial charge in [-0.3, -0.25) is 4.79 Å². The summed E-state index contributed by atoms with van der Waals surface area (Å²) in [6.45, 7) is 0.409. The molecule has 4 heteroatoms. The third-order valence-electron chi connectivity index (χ3n) is 1.59. The SMILES string of the molecule is CN(C)CC(=O)Nc1ccc(I)cc1. The van der Waals surface area contributed by atoms with Crippen molar-refractivity contribution in [1.82, 2.24) is 4.90 Å². The van der Waals surface area contributed by atoms with Crippen molar-refractivity contribution < 1.29 is 4.79 Å². The van der Waals surface area contributed by atoms with Crippen LogP contribution in [0, 0.1) is 3.57 Å². The van der Waals surface area contributed by atoms with Gasteiger partial charge in [0.15, 0.2) is 0 Å². The summed E-state index contributed by atoms with van der Waals surface area (Å²) < 4.78 is 1.16. The second kappa shape index (κ2) is 5.31. The fraction of sp³-hybridized carbons (Fsp3) is 0.300. The van der Waals surface area contributed by atoms with Crippen LogP contribution in [0.1, 0.15) is 0 Å². The van der Waals surface area contributed by atoms with E-state index >= 15 is 0 Å². The van der Waals surface area contributed by atoms with Gasteiger partial charge in [-0.1, -0.05) is 0 Å². The van der Waals surface area contributed by atoms with Gasteiger partial charge in [0.2, 0.25) is 5.91 Å². The monoisotopic (exact) mass is 304 g/mol. The predicted octanol–water partition coefficient (Wildman–Crippen LogP) is 1.79. The highest BCUT2D eigenvalue weighted by molar-refractivity contribution is 14.1. The summed E-state index contributed by atoms with van der Waals surface area (Å²) in [5.41, 5.74) is 0.845. The maximum Gasteiger partial charge on any atom is 0.238 e. The van der Waals surface area contributed by atoms with Crippen LogP contribution in [0.4, 0.5) is 5.69 Å². The van der Waals surface area contributed by atoms with E-state index in [2.05, 4.69) is 27.9 Å². The number of rotatable bonds is 3. The number of amides is 1. The summed E-state index contributed by atoms with van der Waals surface area (Å²) in [6.07, 6.45) is 0. The Morgan fingerprint density at radius 2 is 1.93 bits per heavy atom. The fourth-order valence-electron chi connectivity index (χ4n) is 1.02. The number of hydrogen-bond donors (Lipinski definition) is 1. The van der Waals surface area contributed by atoms with Gasteiger partial charge in [-0.25, -0.2) is 0 Å². The standard InChI is InChI=1S/C10H13IN2O/c1-13(2)7-10(14)12-9-5-3-8(11)4-6-9/h3-6H,7H2,1-2H3,(H,12,14). The molecule has 0 saturated carbocycles. The normalized spacial score (nSPS) is 10.3. The molecule has 0 aromatic heterocycles. The molecule has 1 rings (SSSR count). The Hall–Kier alpha value is -0.620. The molecule has 1 aromatic rings. The molecule has 0 spiro atoms. The van der Waals surface area contributed by atoms with E-state index in [9.17, 15) is 4.79 Å². The van der Waals surface area contributed by atoms with Crippen molar-refractivity contribution in [3.8, 4) is 0 Å². The van der Waals surface area contributed by atoms with Crippen molar-refractivity contribution in [2.24, 2.45) is 0 Å². The zero-order chi connectivity index (χ0) is 10.6. The third kappa shape index (κ3) is 4.06. The predicted molar refractivity (Wildman–Crippen MR) is 66.3 cm³/mol. The van der Waals surface area contributed by atoms with Crippen LogP contribution in [0.2, 0.25) is 0 Å². The van der Waals surface area contributed by atoms with E-state index in [1.165, 1.54) is 0 Å². The number of anilines is 1. The Morgan fingerprint density at radius 1 is 1.36 bits per heavy atom. The molecule has 1 N–H and O–H groups in total.